The van der Waals surface area contributed by atoms with Gasteiger partial charge in [-0.3, -0.25) is 4.79 Å². The third-order valence-electron chi connectivity index (χ3n) is 4.08. The molecule has 0 N–H and O–H groups in total. The average molecular weight is 300 g/mol. The lowest BCUT2D eigenvalue weighted by atomic mass is 9.95. The zero-order chi connectivity index (χ0) is 16.2. The van der Waals surface area contributed by atoms with Crippen LogP contribution in [0.3, 0.4) is 0 Å². The number of ether oxygens (including phenoxy) is 2. The van der Waals surface area contributed by atoms with Crippen LogP contribution >= 0.6 is 0 Å². The number of rotatable bonds is 6. The number of esters is 1. The molecule has 3 heteroatoms. The van der Waals surface area contributed by atoms with Crippen molar-refractivity contribution in [2.45, 2.75) is 39.7 Å². The van der Waals surface area contributed by atoms with Gasteiger partial charge in [0.1, 0.15) is 0 Å². The van der Waals surface area contributed by atoms with E-state index in [1.807, 2.05) is 39.8 Å². The van der Waals surface area contributed by atoms with Crippen LogP contribution in [0.2, 0.25) is 0 Å². The Bertz CT molecular complexity index is 646. The molecule has 0 aromatic heterocycles. The van der Waals surface area contributed by atoms with E-state index in [1.54, 1.807) is 0 Å². The second kappa shape index (κ2) is 6.93. The smallest absolute Gasteiger partial charge is 0.310 e. The summed E-state index contributed by atoms with van der Waals surface area (Å²) in [7, 11) is 0. The van der Waals surface area contributed by atoms with E-state index in [2.05, 4.69) is 30.3 Å². The first-order chi connectivity index (χ1) is 10.4. The highest BCUT2D eigenvalue weighted by Gasteiger charge is 2.22. The zero-order valence-corrected chi connectivity index (χ0v) is 13.8. The fourth-order valence-electron chi connectivity index (χ4n) is 2.19. The third-order valence-corrected chi connectivity index (χ3v) is 4.08. The lowest BCUT2D eigenvalue weighted by Gasteiger charge is -2.26. The quantitative estimate of drug-likeness (QED) is 0.576. The Morgan fingerprint density at radius 2 is 1.82 bits per heavy atom. The SMILES string of the molecule is CCC(C)C(=O)OCOC(C)(C)c1ccc2ccccc2c1. The molecule has 0 heterocycles. The Hall–Kier alpha value is -1.87. The third kappa shape index (κ3) is 3.86. The summed E-state index contributed by atoms with van der Waals surface area (Å²) >= 11 is 0. The fraction of sp³-hybridized carbons (Fsp3) is 0.421. The summed E-state index contributed by atoms with van der Waals surface area (Å²) in [5, 5.41) is 2.37. The lowest BCUT2D eigenvalue weighted by molar-refractivity contribution is -0.174. The molecule has 0 aliphatic heterocycles. The molecule has 22 heavy (non-hydrogen) atoms. The monoisotopic (exact) mass is 300 g/mol. The minimum absolute atomic E-state index is 0.0248. The van der Waals surface area contributed by atoms with Crippen molar-refractivity contribution < 1.29 is 14.3 Å². The molecule has 0 radical (unpaired) electrons. The van der Waals surface area contributed by atoms with Crippen molar-refractivity contribution in [2.75, 3.05) is 6.79 Å². The predicted molar refractivity (Wildman–Crippen MR) is 88.5 cm³/mol. The molecule has 1 atom stereocenters. The second-order valence-corrected chi connectivity index (χ2v) is 6.11. The number of hydrogen-bond donors (Lipinski definition) is 0. The molecule has 2 aromatic rings. The molecule has 0 bridgehead atoms. The van der Waals surface area contributed by atoms with Crippen molar-refractivity contribution in [3.05, 3.63) is 48.0 Å². The highest BCUT2D eigenvalue weighted by Crippen LogP contribution is 2.28. The second-order valence-electron chi connectivity index (χ2n) is 6.11. The summed E-state index contributed by atoms with van der Waals surface area (Å²) in [4.78, 5) is 11.7. The van der Waals surface area contributed by atoms with Gasteiger partial charge in [-0.25, -0.2) is 0 Å². The summed E-state index contributed by atoms with van der Waals surface area (Å²) in [5.41, 5.74) is 0.547. The first-order valence-corrected chi connectivity index (χ1v) is 7.74. The molecular weight excluding hydrogens is 276 g/mol. The topological polar surface area (TPSA) is 35.5 Å². The van der Waals surface area contributed by atoms with Crippen LogP contribution in [-0.2, 0) is 19.9 Å². The van der Waals surface area contributed by atoms with Gasteiger partial charge in [0.05, 0.1) is 11.5 Å². The summed E-state index contributed by atoms with van der Waals surface area (Å²) in [5.74, 6) is -0.302. The van der Waals surface area contributed by atoms with Crippen LogP contribution in [0.25, 0.3) is 10.8 Å². The van der Waals surface area contributed by atoms with Crippen LogP contribution in [0.4, 0.5) is 0 Å². The van der Waals surface area contributed by atoms with Crippen LogP contribution in [0.1, 0.15) is 39.7 Å². The molecule has 0 aliphatic rings. The molecule has 0 aliphatic carbocycles. The minimum Gasteiger partial charge on any atom is -0.438 e. The molecule has 0 amide bonds. The highest BCUT2D eigenvalue weighted by molar-refractivity contribution is 5.83. The average Bonchev–Trinajstić information content (AvgIpc) is 2.53. The summed E-state index contributed by atoms with van der Waals surface area (Å²) < 4.78 is 11.0. The molecule has 0 saturated heterocycles. The zero-order valence-electron chi connectivity index (χ0n) is 13.8. The maximum atomic E-state index is 11.7. The number of benzene rings is 2. The predicted octanol–water partition coefficient (Wildman–Crippen LogP) is 4.64. The van der Waals surface area contributed by atoms with Crippen molar-refractivity contribution in [2.24, 2.45) is 5.92 Å². The standard InChI is InChI=1S/C19H24O3/c1-5-14(2)18(20)21-13-22-19(3,4)17-11-10-15-8-6-7-9-16(15)12-17/h6-12,14H,5,13H2,1-4H3. The molecule has 118 valence electrons. The van der Waals surface area contributed by atoms with Gasteiger partial charge < -0.3 is 9.47 Å². The van der Waals surface area contributed by atoms with Gasteiger partial charge in [0.15, 0.2) is 6.79 Å². The van der Waals surface area contributed by atoms with Crippen LogP contribution in [0.15, 0.2) is 42.5 Å². The Labute approximate surface area is 132 Å². The Balaban J connectivity index is 2.03. The first-order valence-electron chi connectivity index (χ1n) is 7.74. The summed E-state index contributed by atoms with van der Waals surface area (Å²) in [6.07, 6.45) is 0.771. The van der Waals surface area contributed by atoms with Gasteiger partial charge in [0.25, 0.3) is 0 Å². The van der Waals surface area contributed by atoms with E-state index in [9.17, 15) is 4.79 Å². The van der Waals surface area contributed by atoms with E-state index in [1.165, 1.54) is 10.8 Å². The van der Waals surface area contributed by atoms with Gasteiger partial charge in [-0.2, -0.15) is 0 Å². The number of hydrogen-bond acceptors (Lipinski definition) is 3. The largest absolute Gasteiger partial charge is 0.438 e. The van der Waals surface area contributed by atoms with Crippen LogP contribution in [0.5, 0.6) is 0 Å². The van der Waals surface area contributed by atoms with Crippen LogP contribution in [0, 0.1) is 5.92 Å². The minimum atomic E-state index is -0.514. The number of fused-ring (bicyclic) bond motifs is 1. The lowest BCUT2D eigenvalue weighted by Crippen LogP contribution is -2.25. The Morgan fingerprint density at radius 3 is 2.50 bits per heavy atom. The molecule has 2 aromatic carbocycles. The van der Waals surface area contributed by atoms with Crippen LogP contribution < -0.4 is 0 Å². The molecule has 0 saturated carbocycles. The molecule has 2 rings (SSSR count). The molecule has 0 spiro atoms. The van der Waals surface area contributed by atoms with Gasteiger partial charge in [0, 0.05) is 0 Å². The summed E-state index contributed by atoms with van der Waals surface area (Å²) in [6, 6.07) is 14.5. The van der Waals surface area contributed by atoms with Gasteiger partial charge in [-0.1, -0.05) is 50.2 Å². The van der Waals surface area contributed by atoms with E-state index in [-0.39, 0.29) is 18.7 Å². The Morgan fingerprint density at radius 1 is 1.14 bits per heavy atom. The molecule has 0 fully saturated rings. The number of carbonyl (C=O) groups is 1. The van der Waals surface area contributed by atoms with Gasteiger partial charge >= 0.3 is 5.97 Å². The maximum absolute atomic E-state index is 11.7. The number of carbonyl (C=O) groups excluding carboxylic acids is 1. The molecular formula is C19H24O3. The van der Waals surface area contributed by atoms with Crippen molar-refractivity contribution in [3.63, 3.8) is 0 Å². The normalized spacial score (nSPS) is 13.1. The van der Waals surface area contributed by atoms with Gasteiger partial charge in [0.2, 0.25) is 0 Å². The highest BCUT2D eigenvalue weighted by atomic mass is 16.7. The van der Waals surface area contributed by atoms with Crippen molar-refractivity contribution >= 4 is 16.7 Å². The van der Waals surface area contributed by atoms with Gasteiger partial charge in [-0.15, -0.1) is 0 Å². The van der Waals surface area contributed by atoms with Crippen molar-refractivity contribution in [1.82, 2.24) is 0 Å². The maximum Gasteiger partial charge on any atom is 0.310 e. The Kier molecular flexibility index (Phi) is 5.19. The van der Waals surface area contributed by atoms with E-state index in [0.717, 1.165) is 12.0 Å². The first kappa shape index (κ1) is 16.5. The molecule has 1 unspecified atom stereocenters. The molecule has 3 nitrogen and oxygen atoms in total. The van der Waals surface area contributed by atoms with E-state index >= 15 is 0 Å². The van der Waals surface area contributed by atoms with E-state index < -0.39 is 5.60 Å². The van der Waals surface area contributed by atoms with E-state index in [4.69, 9.17) is 9.47 Å². The van der Waals surface area contributed by atoms with Crippen LogP contribution in [-0.4, -0.2) is 12.8 Å². The van der Waals surface area contributed by atoms with Crippen molar-refractivity contribution in [1.29, 1.82) is 0 Å². The van der Waals surface area contributed by atoms with E-state index in [0.29, 0.717) is 0 Å². The summed E-state index contributed by atoms with van der Waals surface area (Å²) in [6.45, 7) is 7.76. The fourth-order valence-corrected chi connectivity index (χ4v) is 2.19. The van der Waals surface area contributed by atoms with Gasteiger partial charge in [-0.05, 0) is 42.7 Å². The van der Waals surface area contributed by atoms with Crippen molar-refractivity contribution in [3.8, 4) is 0 Å².